The molecule has 8 nitrogen and oxygen atoms in total. The Hall–Kier alpha value is -4.11. The lowest BCUT2D eigenvalue weighted by Gasteiger charge is -2.10. The molecule has 9 heteroatoms. The van der Waals surface area contributed by atoms with E-state index in [0.717, 1.165) is 0 Å². The molecule has 0 unspecified atom stereocenters. The highest BCUT2D eigenvalue weighted by atomic mass is 32.2. The molecule has 4 rings (SSSR count). The molecule has 0 atom stereocenters. The Morgan fingerprint density at radius 1 is 0.970 bits per heavy atom. The van der Waals surface area contributed by atoms with E-state index in [9.17, 15) is 18.0 Å². The number of methoxy groups -OCH3 is 1. The Kier molecular flexibility index (Phi) is 6.14. The van der Waals surface area contributed by atoms with Crippen molar-refractivity contribution in [2.45, 2.75) is 11.5 Å². The average molecular weight is 465 g/mol. The largest absolute Gasteiger partial charge is 0.497 e. The summed E-state index contributed by atoms with van der Waals surface area (Å²) in [5.41, 5.74) is 0.561. The lowest BCUT2D eigenvalue weighted by Crippen LogP contribution is -2.13. The summed E-state index contributed by atoms with van der Waals surface area (Å²) in [5.74, 6) is -0.153. The van der Waals surface area contributed by atoms with Crippen LogP contribution < -0.4 is 15.1 Å². The van der Waals surface area contributed by atoms with E-state index in [1.165, 1.54) is 49.6 Å². The maximum Gasteiger partial charge on any atom is 0.338 e. The van der Waals surface area contributed by atoms with Crippen molar-refractivity contribution in [2.24, 2.45) is 0 Å². The summed E-state index contributed by atoms with van der Waals surface area (Å²) in [7, 11) is -2.30. The number of carbonyl (C=O) groups is 1. The standard InChI is InChI=1S/C24H19NO7S/c1-30-19-10-11-21-17(13-23(26)32-22(21)14-19)15-31-24(27)16-6-5-7-18(12-16)25-33(28,29)20-8-3-2-4-9-20/h2-14,25H,15H2,1H3. The maximum atomic E-state index is 12.6. The number of sulfonamides is 1. The summed E-state index contributed by atoms with van der Waals surface area (Å²) in [5, 5.41) is 0.604. The topological polar surface area (TPSA) is 112 Å². The predicted octanol–water partition coefficient (Wildman–Crippen LogP) is 3.96. The van der Waals surface area contributed by atoms with Gasteiger partial charge in [0.1, 0.15) is 17.9 Å². The van der Waals surface area contributed by atoms with Crippen LogP contribution in [0.1, 0.15) is 15.9 Å². The van der Waals surface area contributed by atoms with E-state index in [-0.39, 0.29) is 22.8 Å². The molecule has 0 saturated heterocycles. The third-order valence-electron chi connectivity index (χ3n) is 4.80. The summed E-state index contributed by atoms with van der Waals surface area (Å²) in [6.07, 6.45) is 0. The van der Waals surface area contributed by atoms with Crippen molar-refractivity contribution in [2.75, 3.05) is 11.8 Å². The number of esters is 1. The molecule has 1 heterocycles. The van der Waals surface area contributed by atoms with Gasteiger partial charge in [0.2, 0.25) is 0 Å². The molecule has 0 saturated carbocycles. The van der Waals surface area contributed by atoms with Crippen LogP contribution in [0.25, 0.3) is 11.0 Å². The number of ether oxygens (including phenoxy) is 2. The van der Waals surface area contributed by atoms with E-state index < -0.39 is 21.6 Å². The van der Waals surface area contributed by atoms with Gasteiger partial charge in [0, 0.05) is 28.8 Å². The number of hydrogen-bond acceptors (Lipinski definition) is 7. The van der Waals surface area contributed by atoms with Gasteiger partial charge in [-0.2, -0.15) is 0 Å². The average Bonchev–Trinajstić information content (AvgIpc) is 2.82. The normalized spacial score (nSPS) is 11.2. The van der Waals surface area contributed by atoms with E-state index in [4.69, 9.17) is 13.9 Å². The number of fused-ring (bicyclic) bond motifs is 1. The second kappa shape index (κ2) is 9.17. The summed E-state index contributed by atoms with van der Waals surface area (Å²) < 4.78 is 43.2. The van der Waals surface area contributed by atoms with E-state index in [1.54, 1.807) is 36.4 Å². The molecule has 0 bridgehead atoms. The molecule has 0 aliphatic carbocycles. The minimum absolute atomic E-state index is 0.101. The van der Waals surface area contributed by atoms with Crippen LogP contribution in [-0.4, -0.2) is 21.5 Å². The van der Waals surface area contributed by atoms with Crippen LogP contribution in [-0.2, 0) is 21.4 Å². The van der Waals surface area contributed by atoms with Gasteiger partial charge < -0.3 is 13.9 Å². The van der Waals surface area contributed by atoms with Gasteiger partial charge in [0.25, 0.3) is 10.0 Å². The molecule has 0 amide bonds. The fraction of sp³-hybridized carbons (Fsp3) is 0.0833. The van der Waals surface area contributed by atoms with Crippen LogP contribution in [0.15, 0.2) is 93.0 Å². The number of hydrogen-bond donors (Lipinski definition) is 1. The number of benzene rings is 3. The Morgan fingerprint density at radius 3 is 2.52 bits per heavy atom. The van der Waals surface area contributed by atoms with Gasteiger partial charge in [0.05, 0.1) is 17.6 Å². The third kappa shape index (κ3) is 5.04. The molecule has 4 aromatic rings. The molecular weight excluding hydrogens is 446 g/mol. The zero-order valence-corrected chi connectivity index (χ0v) is 18.3. The second-order valence-corrected chi connectivity index (χ2v) is 8.71. The van der Waals surface area contributed by atoms with Gasteiger partial charge in [-0.3, -0.25) is 4.72 Å². The van der Waals surface area contributed by atoms with Crippen molar-refractivity contribution in [3.05, 3.63) is 100 Å². The van der Waals surface area contributed by atoms with Crippen molar-refractivity contribution >= 4 is 32.6 Å². The molecule has 0 aliphatic rings. The van der Waals surface area contributed by atoms with Crippen LogP contribution in [0, 0.1) is 0 Å². The monoisotopic (exact) mass is 465 g/mol. The zero-order valence-electron chi connectivity index (χ0n) is 17.5. The lowest BCUT2D eigenvalue weighted by atomic mass is 10.1. The zero-order chi connectivity index (χ0) is 23.4. The molecular formula is C24H19NO7S. The minimum atomic E-state index is -3.80. The van der Waals surface area contributed by atoms with Gasteiger partial charge in [-0.1, -0.05) is 24.3 Å². The molecule has 0 radical (unpaired) electrons. The summed E-state index contributed by atoms with van der Waals surface area (Å²) in [6.45, 7) is -0.173. The van der Waals surface area contributed by atoms with Crippen LogP contribution in [0.3, 0.4) is 0 Å². The van der Waals surface area contributed by atoms with Gasteiger partial charge >= 0.3 is 11.6 Å². The molecule has 0 fully saturated rings. The van der Waals surface area contributed by atoms with Crippen molar-refractivity contribution in [1.82, 2.24) is 0 Å². The van der Waals surface area contributed by atoms with E-state index in [1.807, 2.05) is 0 Å². The van der Waals surface area contributed by atoms with Gasteiger partial charge in [-0.15, -0.1) is 0 Å². The predicted molar refractivity (Wildman–Crippen MR) is 122 cm³/mol. The van der Waals surface area contributed by atoms with Crippen LogP contribution in [0.4, 0.5) is 5.69 Å². The second-order valence-electron chi connectivity index (χ2n) is 7.03. The summed E-state index contributed by atoms with van der Waals surface area (Å²) in [6, 6.07) is 20.1. The fourth-order valence-corrected chi connectivity index (χ4v) is 4.28. The van der Waals surface area contributed by atoms with E-state index >= 15 is 0 Å². The molecule has 33 heavy (non-hydrogen) atoms. The quantitative estimate of drug-likeness (QED) is 0.325. The highest BCUT2D eigenvalue weighted by Crippen LogP contribution is 2.23. The lowest BCUT2D eigenvalue weighted by molar-refractivity contribution is 0.0474. The van der Waals surface area contributed by atoms with Crippen LogP contribution in [0.5, 0.6) is 5.75 Å². The minimum Gasteiger partial charge on any atom is -0.497 e. The van der Waals surface area contributed by atoms with Gasteiger partial charge in [-0.05, 0) is 42.5 Å². The molecule has 1 N–H and O–H groups in total. The Labute approximate surface area is 189 Å². The van der Waals surface area contributed by atoms with Crippen molar-refractivity contribution < 1.29 is 27.1 Å². The Morgan fingerprint density at radius 2 is 1.76 bits per heavy atom. The van der Waals surface area contributed by atoms with Crippen molar-refractivity contribution in [3.63, 3.8) is 0 Å². The van der Waals surface area contributed by atoms with Crippen LogP contribution >= 0.6 is 0 Å². The molecule has 3 aromatic carbocycles. The molecule has 0 spiro atoms. The summed E-state index contributed by atoms with van der Waals surface area (Å²) >= 11 is 0. The first-order valence-corrected chi connectivity index (χ1v) is 11.3. The smallest absolute Gasteiger partial charge is 0.338 e. The Bertz CT molecular complexity index is 1480. The highest BCUT2D eigenvalue weighted by molar-refractivity contribution is 7.92. The molecule has 1 aromatic heterocycles. The van der Waals surface area contributed by atoms with Crippen molar-refractivity contribution in [1.29, 1.82) is 0 Å². The van der Waals surface area contributed by atoms with E-state index in [2.05, 4.69) is 4.72 Å². The maximum absolute atomic E-state index is 12.6. The van der Waals surface area contributed by atoms with Crippen molar-refractivity contribution in [3.8, 4) is 5.75 Å². The Balaban J connectivity index is 1.52. The first-order valence-electron chi connectivity index (χ1n) is 9.81. The first-order chi connectivity index (χ1) is 15.9. The number of rotatable bonds is 7. The fourth-order valence-electron chi connectivity index (χ4n) is 3.21. The number of carbonyl (C=O) groups excluding carboxylic acids is 1. The van der Waals surface area contributed by atoms with Crippen LogP contribution in [0.2, 0.25) is 0 Å². The van der Waals surface area contributed by atoms with Gasteiger partial charge in [0.15, 0.2) is 0 Å². The van der Waals surface area contributed by atoms with Gasteiger partial charge in [-0.25, -0.2) is 18.0 Å². The highest BCUT2D eigenvalue weighted by Gasteiger charge is 2.16. The number of anilines is 1. The number of nitrogens with one attached hydrogen (secondary N) is 1. The van der Waals surface area contributed by atoms with E-state index in [0.29, 0.717) is 22.3 Å². The summed E-state index contributed by atoms with van der Waals surface area (Å²) in [4.78, 5) is 24.6. The third-order valence-corrected chi connectivity index (χ3v) is 6.20. The molecule has 168 valence electrons. The SMILES string of the molecule is COc1ccc2c(COC(=O)c3cccc(NS(=O)(=O)c4ccccc4)c3)cc(=O)oc2c1. The molecule has 0 aliphatic heterocycles. The first kappa shape index (κ1) is 22.1.